The molecule has 0 atom stereocenters. The van der Waals surface area contributed by atoms with E-state index in [1.54, 1.807) is 0 Å². The third kappa shape index (κ3) is 1.10. The Balaban J connectivity index is 2.59. The first kappa shape index (κ1) is 9.16. The fourth-order valence-electron chi connectivity index (χ4n) is 2.27. The minimum atomic E-state index is 0.673. The summed E-state index contributed by atoms with van der Waals surface area (Å²) in [4.78, 5) is 14.0. The number of rotatable bonds is 1. The lowest BCUT2D eigenvalue weighted by Gasteiger charge is -1.99. The first-order chi connectivity index (χ1) is 7.81. The lowest BCUT2D eigenvalue weighted by molar-refractivity contribution is 0.111. The van der Waals surface area contributed by atoms with E-state index < -0.39 is 0 Å². The summed E-state index contributed by atoms with van der Waals surface area (Å²) >= 11 is 0. The molecular weight excluding hydrogens is 198 g/mol. The van der Waals surface area contributed by atoms with Gasteiger partial charge in [-0.25, -0.2) is 0 Å². The molecule has 2 aromatic carbocycles. The molecule has 0 saturated carbocycles. The molecule has 1 N–H and O–H groups in total. The molecule has 0 unspecified atom stereocenters. The van der Waals surface area contributed by atoms with Gasteiger partial charge in [0.25, 0.3) is 0 Å². The van der Waals surface area contributed by atoms with Crippen molar-refractivity contribution in [1.82, 2.24) is 4.98 Å². The van der Waals surface area contributed by atoms with Gasteiger partial charge in [0.15, 0.2) is 6.29 Å². The summed E-state index contributed by atoms with van der Waals surface area (Å²) in [6.45, 7) is 1.98. The standard InChI is InChI=1S/C14H11NO/c1-9-13(8-16)15-12-7-6-10-4-2-3-5-11(10)14(9)12/h2-8,15H,1H3. The molecule has 2 nitrogen and oxygen atoms in total. The molecular formula is C14H11NO. The van der Waals surface area contributed by atoms with Crippen molar-refractivity contribution in [2.75, 3.05) is 0 Å². The number of hydrogen-bond acceptors (Lipinski definition) is 1. The van der Waals surface area contributed by atoms with Crippen LogP contribution in [0, 0.1) is 6.92 Å². The first-order valence-corrected chi connectivity index (χ1v) is 5.26. The Morgan fingerprint density at radius 1 is 1.12 bits per heavy atom. The molecule has 0 saturated heterocycles. The van der Waals surface area contributed by atoms with Crippen LogP contribution in [0.3, 0.4) is 0 Å². The second-order valence-corrected chi connectivity index (χ2v) is 3.99. The molecule has 3 rings (SSSR count). The summed E-state index contributed by atoms with van der Waals surface area (Å²) in [6.07, 6.45) is 0.879. The van der Waals surface area contributed by atoms with E-state index in [1.165, 1.54) is 10.8 Å². The molecule has 3 aromatic rings. The molecule has 0 amide bonds. The Morgan fingerprint density at radius 2 is 1.94 bits per heavy atom. The van der Waals surface area contributed by atoms with Gasteiger partial charge in [-0.2, -0.15) is 0 Å². The van der Waals surface area contributed by atoms with Gasteiger partial charge in [-0.3, -0.25) is 4.79 Å². The summed E-state index contributed by atoms with van der Waals surface area (Å²) in [6, 6.07) is 12.3. The monoisotopic (exact) mass is 209 g/mol. The number of aldehydes is 1. The van der Waals surface area contributed by atoms with E-state index in [4.69, 9.17) is 0 Å². The van der Waals surface area contributed by atoms with Crippen LogP contribution in [0.2, 0.25) is 0 Å². The second-order valence-electron chi connectivity index (χ2n) is 3.99. The molecule has 0 aliphatic carbocycles. The maximum Gasteiger partial charge on any atom is 0.166 e. The minimum Gasteiger partial charge on any atom is -0.352 e. The van der Waals surface area contributed by atoms with Crippen molar-refractivity contribution in [2.45, 2.75) is 6.92 Å². The summed E-state index contributed by atoms with van der Waals surface area (Å²) in [7, 11) is 0. The molecule has 2 heteroatoms. The number of carbonyl (C=O) groups is 1. The van der Waals surface area contributed by atoms with Crippen molar-refractivity contribution >= 4 is 28.0 Å². The topological polar surface area (TPSA) is 32.9 Å². The van der Waals surface area contributed by atoms with Crippen LogP contribution in [0.5, 0.6) is 0 Å². The van der Waals surface area contributed by atoms with Crippen molar-refractivity contribution < 1.29 is 4.79 Å². The molecule has 78 valence electrons. The quantitative estimate of drug-likeness (QED) is 0.612. The lowest BCUT2D eigenvalue weighted by atomic mass is 10.0. The fourth-order valence-corrected chi connectivity index (χ4v) is 2.27. The number of H-pyrrole nitrogens is 1. The largest absolute Gasteiger partial charge is 0.352 e. The van der Waals surface area contributed by atoms with Gasteiger partial charge in [-0.05, 0) is 29.3 Å². The Kier molecular flexibility index (Phi) is 1.83. The third-order valence-electron chi connectivity index (χ3n) is 3.10. The molecule has 0 radical (unpaired) electrons. The number of benzene rings is 2. The molecule has 1 aromatic heterocycles. The van der Waals surface area contributed by atoms with E-state index in [0.29, 0.717) is 5.69 Å². The van der Waals surface area contributed by atoms with Crippen LogP contribution >= 0.6 is 0 Å². The van der Waals surface area contributed by atoms with E-state index in [9.17, 15) is 4.79 Å². The van der Waals surface area contributed by atoms with E-state index in [-0.39, 0.29) is 0 Å². The van der Waals surface area contributed by atoms with Crippen LogP contribution in [0.15, 0.2) is 36.4 Å². The number of nitrogens with one attached hydrogen (secondary N) is 1. The van der Waals surface area contributed by atoms with Gasteiger partial charge in [0.1, 0.15) is 0 Å². The summed E-state index contributed by atoms with van der Waals surface area (Å²) in [5, 5.41) is 3.55. The van der Waals surface area contributed by atoms with Gasteiger partial charge in [-0.1, -0.05) is 30.3 Å². The van der Waals surface area contributed by atoms with Crippen molar-refractivity contribution in [1.29, 1.82) is 0 Å². The molecule has 0 fully saturated rings. The molecule has 0 spiro atoms. The number of aromatic amines is 1. The predicted molar refractivity (Wildman–Crippen MR) is 65.9 cm³/mol. The zero-order valence-electron chi connectivity index (χ0n) is 8.95. The Hall–Kier alpha value is -2.09. The van der Waals surface area contributed by atoms with E-state index >= 15 is 0 Å². The normalized spacial score (nSPS) is 11.1. The zero-order chi connectivity index (χ0) is 11.1. The number of aryl methyl sites for hydroxylation is 1. The van der Waals surface area contributed by atoms with E-state index in [2.05, 4.69) is 23.2 Å². The Morgan fingerprint density at radius 3 is 2.75 bits per heavy atom. The average molecular weight is 209 g/mol. The number of fused-ring (bicyclic) bond motifs is 3. The summed E-state index contributed by atoms with van der Waals surface area (Å²) < 4.78 is 0. The molecule has 0 aliphatic heterocycles. The van der Waals surface area contributed by atoms with Gasteiger partial charge in [-0.15, -0.1) is 0 Å². The molecule has 0 bridgehead atoms. The van der Waals surface area contributed by atoms with Crippen molar-refractivity contribution in [3.05, 3.63) is 47.7 Å². The van der Waals surface area contributed by atoms with Crippen molar-refractivity contribution in [2.24, 2.45) is 0 Å². The van der Waals surface area contributed by atoms with E-state index in [0.717, 1.165) is 22.8 Å². The van der Waals surface area contributed by atoms with Gasteiger partial charge >= 0.3 is 0 Å². The van der Waals surface area contributed by atoms with E-state index in [1.807, 2.05) is 25.1 Å². The van der Waals surface area contributed by atoms with Gasteiger partial charge in [0, 0.05) is 10.9 Å². The average Bonchev–Trinajstić information content (AvgIpc) is 2.66. The second kappa shape index (κ2) is 3.20. The van der Waals surface area contributed by atoms with Gasteiger partial charge in [0.2, 0.25) is 0 Å². The van der Waals surface area contributed by atoms with Crippen LogP contribution in [0.4, 0.5) is 0 Å². The van der Waals surface area contributed by atoms with Crippen LogP contribution in [-0.4, -0.2) is 11.3 Å². The van der Waals surface area contributed by atoms with Gasteiger partial charge < -0.3 is 4.98 Å². The molecule has 0 aliphatic rings. The minimum absolute atomic E-state index is 0.673. The number of hydrogen-bond donors (Lipinski definition) is 1. The molecule has 16 heavy (non-hydrogen) atoms. The Labute approximate surface area is 92.9 Å². The third-order valence-corrected chi connectivity index (χ3v) is 3.10. The number of aromatic nitrogens is 1. The highest BCUT2D eigenvalue weighted by Crippen LogP contribution is 2.29. The van der Waals surface area contributed by atoms with Crippen molar-refractivity contribution in [3.8, 4) is 0 Å². The highest BCUT2D eigenvalue weighted by molar-refractivity contribution is 6.10. The maximum absolute atomic E-state index is 10.9. The molecule has 1 heterocycles. The van der Waals surface area contributed by atoms with Gasteiger partial charge in [0.05, 0.1) is 5.69 Å². The van der Waals surface area contributed by atoms with Crippen molar-refractivity contribution in [3.63, 3.8) is 0 Å². The smallest absolute Gasteiger partial charge is 0.166 e. The van der Waals surface area contributed by atoms with Crippen LogP contribution < -0.4 is 0 Å². The Bertz CT molecular complexity index is 694. The predicted octanol–water partition coefficient (Wildman–Crippen LogP) is 3.44. The van der Waals surface area contributed by atoms with Crippen LogP contribution in [0.1, 0.15) is 16.1 Å². The first-order valence-electron chi connectivity index (χ1n) is 5.26. The SMILES string of the molecule is Cc1c(C=O)[nH]c2ccc3ccccc3c12. The highest BCUT2D eigenvalue weighted by atomic mass is 16.1. The maximum atomic E-state index is 10.9. The summed E-state index contributed by atoms with van der Waals surface area (Å²) in [5.74, 6) is 0. The number of carbonyl (C=O) groups excluding carboxylic acids is 1. The lowest BCUT2D eigenvalue weighted by Crippen LogP contribution is -1.80. The highest BCUT2D eigenvalue weighted by Gasteiger charge is 2.09. The van der Waals surface area contributed by atoms with Crippen LogP contribution in [0.25, 0.3) is 21.7 Å². The fraction of sp³-hybridized carbons (Fsp3) is 0.0714. The summed E-state index contributed by atoms with van der Waals surface area (Å²) in [5.41, 5.74) is 2.73. The zero-order valence-corrected chi connectivity index (χ0v) is 8.95. The van der Waals surface area contributed by atoms with Crippen LogP contribution in [-0.2, 0) is 0 Å².